The number of hydrogen-bond donors (Lipinski definition) is 2. The molecule has 2 atom stereocenters. The van der Waals surface area contributed by atoms with Crippen molar-refractivity contribution in [2.24, 2.45) is 0 Å². The summed E-state index contributed by atoms with van der Waals surface area (Å²) in [6.07, 6.45) is 2.97. The maximum absolute atomic E-state index is 8.92. The van der Waals surface area contributed by atoms with Crippen molar-refractivity contribution in [2.75, 3.05) is 6.61 Å². The van der Waals surface area contributed by atoms with Gasteiger partial charge in [-0.05, 0) is 37.3 Å². The Morgan fingerprint density at radius 1 is 1.18 bits per heavy atom. The van der Waals surface area contributed by atoms with Gasteiger partial charge in [0.2, 0.25) is 0 Å². The van der Waals surface area contributed by atoms with Crippen LogP contribution in [0.15, 0.2) is 24.3 Å². The molecule has 0 heterocycles. The molecule has 0 amide bonds. The molecule has 0 saturated heterocycles. The zero-order valence-corrected chi connectivity index (χ0v) is 11.2. The van der Waals surface area contributed by atoms with Gasteiger partial charge in [-0.2, -0.15) is 0 Å². The molecule has 1 rings (SSSR count). The summed E-state index contributed by atoms with van der Waals surface area (Å²) in [5.41, 5.74) is 2.72. The maximum Gasteiger partial charge on any atom is 0.0445 e. The van der Waals surface area contributed by atoms with Crippen LogP contribution in [0, 0.1) is 0 Å². The average molecular weight is 235 g/mol. The highest BCUT2D eigenvalue weighted by molar-refractivity contribution is 5.25. The van der Waals surface area contributed by atoms with E-state index in [1.807, 2.05) is 0 Å². The van der Waals surface area contributed by atoms with Crippen LogP contribution < -0.4 is 5.32 Å². The lowest BCUT2D eigenvalue weighted by atomic mass is 10.0. The van der Waals surface area contributed by atoms with Gasteiger partial charge < -0.3 is 10.4 Å². The van der Waals surface area contributed by atoms with Crippen LogP contribution >= 0.6 is 0 Å². The predicted octanol–water partition coefficient (Wildman–Crippen LogP) is 3.06. The molecule has 2 N–H and O–H groups in total. The second-order valence-corrected chi connectivity index (χ2v) is 4.64. The fourth-order valence-electron chi connectivity index (χ4n) is 2.06. The summed E-state index contributed by atoms with van der Waals surface area (Å²) in [5.74, 6) is 0. The Labute approximate surface area is 105 Å². The summed E-state index contributed by atoms with van der Waals surface area (Å²) in [6, 6.07) is 9.59. The number of rotatable bonds is 7. The average Bonchev–Trinajstić information content (AvgIpc) is 2.36. The number of aliphatic hydroxyl groups is 1. The molecular weight excluding hydrogens is 210 g/mol. The number of aryl methyl sites for hydroxylation is 1. The fraction of sp³-hybridized carbons (Fsp3) is 0.600. The molecule has 0 aliphatic rings. The van der Waals surface area contributed by atoms with E-state index in [0.29, 0.717) is 12.1 Å². The van der Waals surface area contributed by atoms with Crippen molar-refractivity contribution in [2.45, 2.75) is 52.1 Å². The van der Waals surface area contributed by atoms with Crippen molar-refractivity contribution < 1.29 is 5.11 Å². The number of aliphatic hydroxyl groups excluding tert-OH is 1. The van der Waals surface area contributed by atoms with Crippen LogP contribution in [0.25, 0.3) is 0 Å². The van der Waals surface area contributed by atoms with E-state index in [2.05, 4.69) is 50.4 Å². The van der Waals surface area contributed by atoms with Crippen molar-refractivity contribution in [1.82, 2.24) is 5.32 Å². The lowest BCUT2D eigenvalue weighted by Gasteiger charge is -2.22. The Balaban J connectivity index is 2.65. The number of hydrogen-bond acceptors (Lipinski definition) is 2. The van der Waals surface area contributed by atoms with E-state index in [1.165, 1.54) is 11.1 Å². The summed E-state index contributed by atoms with van der Waals surface area (Å²) < 4.78 is 0. The Kier molecular flexibility index (Phi) is 6.23. The number of benzene rings is 1. The molecule has 1 aromatic carbocycles. The first-order chi connectivity index (χ1) is 8.21. The lowest BCUT2D eigenvalue weighted by Crippen LogP contribution is -2.31. The van der Waals surface area contributed by atoms with E-state index in [4.69, 9.17) is 5.11 Å². The van der Waals surface area contributed by atoms with Gasteiger partial charge >= 0.3 is 0 Å². The van der Waals surface area contributed by atoms with Gasteiger partial charge in [-0.25, -0.2) is 0 Å². The van der Waals surface area contributed by atoms with Crippen LogP contribution in [0.4, 0.5) is 0 Å². The first-order valence-corrected chi connectivity index (χ1v) is 6.67. The van der Waals surface area contributed by atoms with E-state index in [1.54, 1.807) is 0 Å². The van der Waals surface area contributed by atoms with Gasteiger partial charge in [0.1, 0.15) is 0 Å². The fourth-order valence-corrected chi connectivity index (χ4v) is 2.06. The normalized spacial score (nSPS) is 14.6. The molecule has 0 radical (unpaired) electrons. The minimum atomic E-state index is 0.249. The molecular formula is C15H25NO. The largest absolute Gasteiger partial charge is 0.396 e. The van der Waals surface area contributed by atoms with Gasteiger partial charge in [-0.15, -0.1) is 0 Å². The van der Waals surface area contributed by atoms with Crippen molar-refractivity contribution in [3.05, 3.63) is 35.4 Å². The third-order valence-electron chi connectivity index (χ3n) is 3.25. The highest BCUT2D eigenvalue weighted by atomic mass is 16.3. The molecule has 2 unspecified atom stereocenters. The summed E-state index contributed by atoms with van der Waals surface area (Å²) in [6.45, 7) is 6.74. The van der Waals surface area contributed by atoms with Gasteiger partial charge in [-0.3, -0.25) is 0 Å². The molecule has 0 aromatic heterocycles. The zero-order chi connectivity index (χ0) is 12.7. The third kappa shape index (κ3) is 4.49. The first kappa shape index (κ1) is 14.2. The highest BCUT2D eigenvalue weighted by Gasteiger charge is 2.11. The first-order valence-electron chi connectivity index (χ1n) is 6.67. The van der Waals surface area contributed by atoms with E-state index < -0.39 is 0 Å². The molecule has 1 aromatic rings. The van der Waals surface area contributed by atoms with Crippen LogP contribution in [0.3, 0.4) is 0 Å². The van der Waals surface area contributed by atoms with Gasteiger partial charge in [0.15, 0.2) is 0 Å². The van der Waals surface area contributed by atoms with Gasteiger partial charge in [-0.1, -0.05) is 38.1 Å². The summed E-state index contributed by atoms with van der Waals surface area (Å²) in [5, 5.41) is 12.5. The molecule has 2 heteroatoms. The molecule has 0 aliphatic heterocycles. The van der Waals surface area contributed by atoms with Gasteiger partial charge in [0.05, 0.1) is 0 Å². The van der Waals surface area contributed by atoms with Gasteiger partial charge in [0, 0.05) is 18.7 Å². The predicted molar refractivity (Wildman–Crippen MR) is 73.2 cm³/mol. The Morgan fingerprint density at radius 2 is 1.82 bits per heavy atom. The molecule has 2 nitrogen and oxygen atoms in total. The van der Waals surface area contributed by atoms with Crippen molar-refractivity contribution in [3.8, 4) is 0 Å². The Morgan fingerprint density at radius 3 is 2.29 bits per heavy atom. The van der Waals surface area contributed by atoms with Crippen LogP contribution in [0.1, 0.15) is 50.8 Å². The van der Waals surface area contributed by atoms with Crippen LogP contribution in [0.5, 0.6) is 0 Å². The molecule has 17 heavy (non-hydrogen) atoms. The van der Waals surface area contributed by atoms with E-state index in [-0.39, 0.29) is 6.61 Å². The minimum Gasteiger partial charge on any atom is -0.396 e. The summed E-state index contributed by atoms with van der Waals surface area (Å²) >= 11 is 0. The zero-order valence-electron chi connectivity index (χ0n) is 11.2. The highest BCUT2D eigenvalue weighted by Crippen LogP contribution is 2.18. The molecule has 96 valence electrons. The topological polar surface area (TPSA) is 32.3 Å². The summed E-state index contributed by atoms with van der Waals surface area (Å²) in [4.78, 5) is 0. The maximum atomic E-state index is 8.92. The third-order valence-corrected chi connectivity index (χ3v) is 3.25. The quantitative estimate of drug-likeness (QED) is 0.761. The van der Waals surface area contributed by atoms with Crippen LogP contribution in [0.2, 0.25) is 0 Å². The van der Waals surface area contributed by atoms with Gasteiger partial charge in [0.25, 0.3) is 0 Å². The SMILES string of the molecule is CCc1ccc(C(CC)NC(C)CCO)cc1. The van der Waals surface area contributed by atoms with Crippen LogP contribution in [-0.4, -0.2) is 17.8 Å². The van der Waals surface area contributed by atoms with Crippen LogP contribution in [-0.2, 0) is 6.42 Å². The Hall–Kier alpha value is -0.860. The smallest absolute Gasteiger partial charge is 0.0445 e. The van der Waals surface area contributed by atoms with E-state index in [0.717, 1.165) is 19.3 Å². The van der Waals surface area contributed by atoms with Crippen molar-refractivity contribution in [3.63, 3.8) is 0 Å². The second kappa shape index (κ2) is 7.46. The molecule has 0 fully saturated rings. The number of nitrogens with one attached hydrogen (secondary N) is 1. The van der Waals surface area contributed by atoms with E-state index in [9.17, 15) is 0 Å². The van der Waals surface area contributed by atoms with Crippen molar-refractivity contribution in [1.29, 1.82) is 0 Å². The molecule has 0 aliphatic carbocycles. The Bertz CT molecular complexity index is 307. The minimum absolute atomic E-state index is 0.249. The molecule has 0 saturated carbocycles. The summed E-state index contributed by atoms with van der Waals surface area (Å²) in [7, 11) is 0. The van der Waals surface area contributed by atoms with Crippen molar-refractivity contribution >= 4 is 0 Å². The lowest BCUT2D eigenvalue weighted by molar-refractivity contribution is 0.262. The molecule has 0 bridgehead atoms. The second-order valence-electron chi connectivity index (χ2n) is 4.64. The molecule has 0 spiro atoms. The monoisotopic (exact) mass is 235 g/mol. The van der Waals surface area contributed by atoms with E-state index >= 15 is 0 Å². The standard InChI is InChI=1S/C15H25NO/c1-4-13-6-8-14(9-7-13)15(5-2)16-12(3)10-11-17/h6-9,12,15-17H,4-5,10-11H2,1-3H3.